The summed E-state index contributed by atoms with van der Waals surface area (Å²) in [4.78, 5) is 10.6. The molecule has 1 rings (SSSR count). The molecule has 16 heavy (non-hydrogen) atoms. The van der Waals surface area contributed by atoms with Crippen molar-refractivity contribution in [2.24, 2.45) is 0 Å². The van der Waals surface area contributed by atoms with Gasteiger partial charge >= 0.3 is 5.97 Å². The number of rotatable bonds is 2. The van der Waals surface area contributed by atoms with Crippen molar-refractivity contribution in [3.63, 3.8) is 0 Å². The molecule has 0 saturated carbocycles. The van der Waals surface area contributed by atoms with Crippen LogP contribution in [0.4, 0.5) is 0 Å². The van der Waals surface area contributed by atoms with E-state index in [1.807, 2.05) is 0 Å². The molecular formula is C12H10NO3-. The first-order valence-electron chi connectivity index (χ1n) is 4.59. The number of carboxylic acids is 1. The number of nitrogens with zero attached hydrogens (tertiary/aromatic N) is 1. The Bertz CT molecular complexity index is 486. The maximum Gasteiger partial charge on any atom is 0.346 e. The van der Waals surface area contributed by atoms with Crippen LogP contribution in [0.2, 0.25) is 0 Å². The van der Waals surface area contributed by atoms with Gasteiger partial charge in [0.05, 0.1) is 0 Å². The summed E-state index contributed by atoms with van der Waals surface area (Å²) in [6, 6.07) is 4.72. The number of carbonyl (C=O) groups is 1. The van der Waals surface area contributed by atoms with E-state index in [0.29, 0.717) is 16.7 Å². The summed E-state index contributed by atoms with van der Waals surface area (Å²) >= 11 is 0. The van der Waals surface area contributed by atoms with Gasteiger partial charge in [0.25, 0.3) is 0 Å². The second kappa shape index (κ2) is 4.49. The van der Waals surface area contributed by atoms with Crippen molar-refractivity contribution in [1.29, 1.82) is 5.26 Å². The molecule has 1 N–H and O–H groups in total. The van der Waals surface area contributed by atoms with E-state index in [-0.39, 0.29) is 11.3 Å². The summed E-state index contributed by atoms with van der Waals surface area (Å²) in [5, 5.41) is 28.7. The molecule has 4 heteroatoms. The lowest BCUT2D eigenvalue weighted by atomic mass is 10.0. The van der Waals surface area contributed by atoms with Crippen molar-refractivity contribution in [2.45, 2.75) is 13.8 Å². The van der Waals surface area contributed by atoms with Gasteiger partial charge in [-0.3, -0.25) is 0 Å². The average molecular weight is 216 g/mol. The van der Waals surface area contributed by atoms with Gasteiger partial charge in [0.15, 0.2) is 0 Å². The van der Waals surface area contributed by atoms with E-state index in [4.69, 9.17) is 10.4 Å². The van der Waals surface area contributed by atoms with Gasteiger partial charge in [-0.25, -0.2) is 4.79 Å². The van der Waals surface area contributed by atoms with Gasteiger partial charge in [-0.15, -0.1) is 5.75 Å². The molecule has 0 spiro atoms. The topological polar surface area (TPSA) is 84.2 Å². The van der Waals surface area contributed by atoms with Crippen LogP contribution in [0.15, 0.2) is 17.7 Å². The Kier molecular flexibility index (Phi) is 3.31. The number of hydrogen-bond acceptors (Lipinski definition) is 3. The Labute approximate surface area is 93.1 Å². The minimum atomic E-state index is -1.27. The summed E-state index contributed by atoms with van der Waals surface area (Å²) in [5.74, 6) is -1.34. The first-order valence-corrected chi connectivity index (χ1v) is 4.59. The lowest BCUT2D eigenvalue weighted by Gasteiger charge is -2.14. The lowest BCUT2D eigenvalue weighted by Crippen LogP contribution is -1.99. The first-order chi connectivity index (χ1) is 7.45. The van der Waals surface area contributed by atoms with Crippen molar-refractivity contribution in [3.05, 3.63) is 34.4 Å². The fourth-order valence-corrected chi connectivity index (χ4v) is 1.38. The van der Waals surface area contributed by atoms with Gasteiger partial charge < -0.3 is 10.2 Å². The third-order valence-electron chi connectivity index (χ3n) is 2.14. The van der Waals surface area contributed by atoms with Crippen molar-refractivity contribution >= 4 is 12.0 Å². The summed E-state index contributed by atoms with van der Waals surface area (Å²) in [6.07, 6.45) is 1.25. The highest BCUT2D eigenvalue weighted by Crippen LogP contribution is 2.21. The molecule has 0 radical (unpaired) electrons. The molecule has 0 aromatic heterocycles. The van der Waals surface area contributed by atoms with Crippen molar-refractivity contribution in [3.8, 4) is 11.8 Å². The quantitative estimate of drug-likeness (QED) is 0.597. The minimum Gasteiger partial charge on any atom is -0.872 e. The van der Waals surface area contributed by atoms with Crippen LogP contribution in [0.25, 0.3) is 6.08 Å². The highest BCUT2D eigenvalue weighted by molar-refractivity contribution is 5.96. The SMILES string of the molecule is Cc1cc(/C=C(\C#N)C(=O)O)cc(C)c1[O-]. The number of benzene rings is 1. The predicted molar refractivity (Wildman–Crippen MR) is 56.6 cm³/mol. The molecule has 0 saturated heterocycles. The second-order valence-corrected chi connectivity index (χ2v) is 3.46. The second-order valence-electron chi connectivity index (χ2n) is 3.46. The first kappa shape index (κ1) is 11.8. The highest BCUT2D eigenvalue weighted by atomic mass is 16.4. The van der Waals surface area contributed by atoms with Crippen LogP contribution in [0, 0.1) is 25.2 Å². The fourth-order valence-electron chi connectivity index (χ4n) is 1.38. The van der Waals surface area contributed by atoms with Gasteiger partial charge in [-0.2, -0.15) is 5.26 Å². The number of aliphatic carboxylic acids is 1. The number of aryl methyl sites for hydroxylation is 2. The van der Waals surface area contributed by atoms with Crippen molar-refractivity contribution in [1.82, 2.24) is 0 Å². The molecular weight excluding hydrogens is 206 g/mol. The summed E-state index contributed by atoms with van der Waals surface area (Å²) in [5.41, 5.74) is 1.27. The van der Waals surface area contributed by atoms with E-state index in [0.717, 1.165) is 0 Å². The normalized spacial score (nSPS) is 10.9. The summed E-state index contributed by atoms with van der Waals surface area (Å²) < 4.78 is 0. The largest absolute Gasteiger partial charge is 0.872 e. The summed E-state index contributed by atoms with van der Waals surface area (Å²) in [7, 11) is 0. The van der Waals surface area contributed by atoms with E-state index >= 15 is 0 Å². The number of nitriles is 1. The molecule has 0 fully saturated rings. The van der Waals surface area contributed by atoms with Gasteiger partial charge in [0, 0.05) is 0 Å². The van der Waals surface area contributed by atoms with Crippen LogP contribution < -0.4 is 5.11 Å². The zero-order valence-corrected chi connectivity index (χ0v) is 8.94. The number of hydrogen-bond donors (Lipinski definition) is 1. The third kappa shape index (κ3) is 2.39. The molecule has 0 aliphatic heterocycles. The van der Waals surface area contributed by atoms with Gasteiger partial charge in [0.2, 0.25) is 0 Å². The van der Waals surface area contributed by atoms with Crippen molar-refractivity contribution in [2.75, 3.05) is 0 Å². The van der Waals surface area contributed by atoms with Crippen LogP contribution in [0.5, 0.6) is 5.75 Å². The monoisotopic (exact) mass is 216 g/mol. The van der Waals surface area contributed by atoms with Gasteiger partial charge in [0.1, 0.15) is 11.6 Å². The van der Waals surface area contributed by atoms with Crippen LogP contribution >= 0.6 is 0 Å². The Morgan fingerprint density at radius 3 is 2.31 bits per heavy atom. The predicted octanol–water partition coefficient (Wildman–Crippen LogP) is 1.37. The Morgan fingerprint density at radius 2 is 1.94 bits per heavy atom. The maximum absolute atomic E-state index is 11.4. The zero-order valence-electron chi connectivity index (χ0n) is 8.94. The molecule has 0 heterocycles. The molecule has 0 bridgehead atoms. The van der Waals surface area contributed by atoms with E-state index in [1.165, 1.54) is 6.08 Å². The molecule has 1 aromatic rings. The Balaban J connectivity index is 3.27. The summed E-state index contributed by atoms with van der Waals surface area (Å²) in [6.45, 7) is 3.30. The molecule has 0 unspecified atom stereocenters. The maximum atomic E-state index is 11.4. The van der Waals surface area contributed by atoms with E-state index < -0.39 is 5.97 Å². The fraction of sp³-hybridized carbons (Fsp3) is 0.167. The molecule has 0 amide bonds. The van der Waals surface area contributed by atoms with Crippen LogP contribution in [-0.2, 0) is 4.79 Å². The van der Waals surface area contributed by atoms with Crippen LogP contribution in [0.1, 0.15) is 16.7 Å². The number of carboxylic acid groups (broad SMARTS) is 1. The molecule has 0 atom stereocenters. The molecule has 1 aromatic carbocycles. The standard InChI is InChI=1S/C12H11NO3/c1-7-3-9(4-8(2)11(7)14)5-10(6-13)12(15)16/h3-5,14H,1-2H3,(H,15,16)/p-1/b10-5+. The van der Waals surface area contributed by atoms with Crippen LogP contribution in [0.3, 0.4) is 0 Å². The average Bonchev–Trinajstić information content (AvgIpc) is 2.21. The molecule has 82 valence electrons. The van der Waals surface area contributed by atoms with E-state index in [2.05, 4.69) is 0 Å². The molecule has 0 aliphatic rings. The molecule has 4 nitrogen and oxygen atoms in total. The Hall–Kier alpha value is -2.28. The van der Waals surface area contributed by atoms with Gasteiger partial charge in [-0.05, 0) is 25.5 Å². The highest BCUT2D eigenvalue weighted by Gasteiger charge is 2.06. The Morgan fingerprint density at radius 1 is 1.44 bits per heavy atom. The lowest BCUT2D eigenvalue weighted by molar-refractivity contribution is -0.270. The minimum absolute atomic E-state index is 0.0639. The van der Waals surface area contributed by atoms with Crippen molar-refractivity contribution < 1.29 is 15.0 Å². The van der Waals surface area contributed by atoms with Gasteiger partial charge in [-0.1, -0.05) is 23.3 Å². The van der Waals surface area contributed by atoms with Crippen LogP contribution in [-0.4, -0.2) is 11.1 Å². The van der Waals surface area contributed by atoms with E-state index in [1.54, 1.807) is 32.0 Å². The smallest absolute Gasteiger partial charge is 0.346 e. The molecule has 0 aliphatic carbocycles. The van der Waals surface area contributed by atoms with E-state index in [9.17, 15) is 9.90 Å². The third-order valence-corrected chi connectivity index (χ3v) is 2.14. The zero-order chi connectivity index (χ0) is 12.3.